The number of rotatable bonds is 2. The van der Waals surface area contributed by atoms with Gasteiger partial charge in [0.05, 0.1) is 0 Å². The van der Waals surface area contributed by atoms with Gasteiger partial charge in [-0.3, -0.25) is 0 Å². The lowest BCUT2D eigenvalue weighted by Gasteiger charge is -2.17. The summed E-state index contributed by atoms with van der Waals surface area (Å²) >= 11 is 1.52. The zero-order valence-corrected chi connectivity index (χ0v) is 7.19. The molecule has 1 nitrogen and oxygen atoms in total. The van der Waals surface area contributed by atoms with Gasteiger partial charge < -0.3 is 5.11 Å². The van der Waals surface area contributed by atoms with Crippen LogP contribution in [0.1, 0.15) is 18.2 Å². The minimum absolute atomic E-state index is 0.369. The van der Waals surface area contributed by atoms with Crippen LogP contribution in [-0.2, 0) is 5.60 Å². The van der Waals surface area contributed by atoms with Crippen molar-refractivity contribution in [3.8, 4) is 12.3 Å². The van der Waals surface area contributed by atoms with Crippen LogP contribution in [0.2, 0.25) is 0 Å². The van der Waals surface area contributed by atoms with Gasteiger partial charge in [-0.2, -0.15) is 0 Å². The van der Waals surface area contributed by atoms with E-state index in [1.54, 1.807) is 6.92 Å². The van der Waals surface area contributed by atoms with Crippen LogP contribution in [0, 0.1) is 12.3 Å². The summed E-state index contributed by atoms with van der Waals surface area (Å²) in [7, 11) is 0. The van der Waals surface area contributed by atoms with Crippen molar-refractivity contribution in [1.82, 2.24) is 0 Å². The largest absolute Gasteiger partial charge is 0.384 e. The molecule has 1 rings (SSSR count). The molecule has 0 aromatic carbocycles. The van der Waals surface area contributed by atoms with Crippen molar-refractivity contribution < 1.29 is 5.11 Å². The van der Waals surface area contributed by atoms with Crippen LogP contribution in [0.25, 0.3) is 0 Å². The molecule has 0 amide bonds. The molecule has 1 aromatic heterocycles. The van der Waals surface area contributed by atoms with Gasteiger partial charge >= 0.3 is 0 Å². The van der Waals surface area contributed by atoms with E-state index >= 15 is 0 Å². The first-order valence-electron chi connectivity index (χ1n) is 3.36. The van der Waals surface area contributed by atoms with Crippen LogP contribution >= 0.6 is 11.3 Å². The first-order valence-corrected chi connectivity index (χ1v) is 4.24. The van der Waals surface area contributed by atoms with E-state index in [9.17, 15) is 5.11 Å². The van der Waals surface area contributed by atoms with E-state index in [1.165, 1.54) is 11.3 Å². The Morgan fingerprint density at radius 2 is 2.55 bits per heavy atom. The summed E-state index contributed by atoms with van der Waals surface area (Å²) in [5, 5.41) is 11.7. The molecule has 0 radical (unpaired) electrons. The van der Waals surface area contributed by atoms with Gasteiger partial charge in [0.2, 0.25) is 0 Å². The summed E-state index contributed by atoms with van der Waals surface area (Å²) in [6, 6.07) is 3.80. The fourth-order valence-corrected chi connectivity index (χ4v) is 1.66. The molecule has 1 atom stereocenters. The van der Waals surface area contributed by atoms with Crippen LogP contribution < -0.4 is 0 Å². The SMILES string of the molecule is C#CC[C@](C)(O)c1cccs1. The van der Waals surface area contributed by atoms with Gasteiger partial charge in [0, 0.05) is 11.3 Å². The molecule has 1 aromatic rings. The molecule has 11 heavy (non-hydrogen) atoms. The quantitative estimate of drug-likeness (QED) is 0.666. The van der Waals surface area contributed by atoms with Crippen LogP contribution in [0.4, 0.5) is 0 Å². The Bertz CT molecular complexity index is 254. The third kappa shape index (κ3) is 1.83. The molecule has 0 aliphatic heterocycles. The summed E-state index contributed by atoms with van der Waals surface area (Å²) in [5.74, 6) is 2.45. The predicted molar refractivity (Wildman–Crippen MR) is 47.3 cm³/mol. The molecule has 0 aliphatic carbocycles. The molecule has 0 spiro atoms. The lowest BCUT2D eigenvalue weighted by molar-refractivity contribution is 0.0669. The zero-order valence-electron chi connectivity index (χ0n) is 6.37. The Labute approximate surface area is 70.7 Å². The lowest BCUT2D eigenvalue weighted by atomic mass is 10.0. The second-order valence-corrected chi connectivity index (χ2v) is 3.58. The average molecular weight is 166 g/mol. The van der Waals surface area contributed by atoms with Crippen molar-refractivity contribution in [1.29, 1.82) is 0 Å². The van der Waals surface area contributed by atoms with Gasteiger partial charge in [-0.1, -0.05) is 6.07 Å². The maximum atomic E-state index is 9.74. The van der Waals surface area contributed by atoms with Crippen LogP contribution in [0.15, 0.2) is 17.5 Å². The fraction of sp³-hybridized carbons (Fsp3) is 0.333. The number of hydrogen-bond donors (Lipinski definition) is 1. The Morgan fingerprint density at radius 3 is 3.00 bits per heavy atom. The highest BCUT2D eigenvalue weighted by Gasteiger charge is 2.22. The van der Waals surface area contributed by atoms with Gasteiger partial charge in [-0.15, -0.1) is 23.7 Å². The first-order chi connectivity index (χ1) is 5.17. The highest BCUT2D eigenvalue weighted by atomic mass is 32.1. The lowest BCUT2D eigenvalue weighted by Crippen LogP contribution is -2.18. The van der Waals surface area contributed by atoms with Crippen molar-refractivity contribution in [3.63, 3.8) is 0 Å². The van der Waals surface area contributed by atoms with Crippen LogP contribution in [0.3, 0.4) is 0 Å². The summed E-state index contributed by atoms with van der Waals surface area (Å²) in [4.78, 5) is 0.926. The van der Waals surface area contributed by atoms with Crippen molar-refractivity contribution >= 4 is 11.3 Å². The number of terminal acetylenes is 1. The summed E-state index contributed by atoms with van der Waals surface area (Å²) < 4.78 is 0. The molecular formula is C9H10OS. The van der Waals surface area contributed by atoms with Gasteiger partial charge in [0.25, 0.3) is 0 Å². The van der Waals surface area contributed by atoms with Crippen LogP contribution in [0.5, 0.6) is 0 Å². The molecule has 0 fully saturated rings. The molecule has 1 heterocycles. The predicted octanol–water partition coefficient (Wildman–Crippen LogP) is 1.98. The fourth-order valence-electron chi connectivity index (χ4n) is 0.871. The number of hydrogen-bond acceptors (Lipinski definition) is 2. The third-order valence-electron chi connectivity index (χ3n) is 1.50. The third-order valence-corrected chi connectivity index (χ3v) is 2.62. The smallest absolute Gasteiger partial charge is 0.107 e. The maximum Gasteiger partial charge on any atom is 0.107 e. The van der Waals surface area contributed by atoms with Gasteiger partial charge in [0.1, 0.15) is 5.60 Å². The van der Waals surface area contributed by atoms with E-state index in [-0.39, 0.29) is 0 Å². The number of thiophene rings is 1. The second kappa shape index (κ2) is 3.08. The summed E-state index contributed by atoms with van der Waals surface area (Å²) in [6.45, 7) is 1.73. The van der Waals surface area contributed by atoms with E-state index in [4.69, 9.17) is 6.42 Å². The van der Waals surface area contributed by atoms with Crippen molar-refractivity contribution in [2.45, 2.75) is 18.9 Å². The van der Waals surface area contributed by atoms with E-state index in [1.807, 2.05) is 17.5 Å². The van der Waals surface area contributed by atoms with Gasteiger partial charge in [-0.25, -0.2) is 0 Å². The average Bonchev–Trinajstić information content (AvgIpc) is 2.37. The molecule has 0 saturated heterocycles. The molecule has 0 aliphatic rings. The molecule has 0 bridgehead atoms. The monoisotopic (exact) mass is 166 g/mol. The molecule has 58 valence electrons. The highest BCUT2D eigenvalue weighted by molar-refractivity contribution is 7.10. The zero-order chi connectivity index (χ0) is 8.32. The maximum absolute atomic E-state index is 9.74. The second-order valence-electron chi connectivity index (χ2n) is 2.63. The van der Waals surface area contributed by atoms with Crippen molar-refractivity contribution in [3.05, 3.63) is 22.4 Å². The minimum atomic E-state index is -0.844. The first kappa shape index (κ1) is 8.32. The Morgan fingerprint density at radius 1 is 1.82 bits per heavy atom. The van der Waals surface area contributed by atoms with Gasteiger partial charge in [0.15, 0.2) is 0 Å². The van der Waals surface area contributed by atoms with Gasteiger partial charge in [-0.05, 0) is 18.4 Å². The molecular weight excluding hydrogens is 156 g/mol. The van der Waals surface area contributed by atoms with E-state index in [0.717, 1.165) is 4.88 Å². The topological polar surface area (TPSA) is 20.2 Å². The number of aliphatic hydroxyl groups is 1. The molecule has 0 unspecified atom stereocenters. The van der Waals surface area contributed by atoms with Crippen molar-refractivity contribution in [2.75, 3.05) is 0 Å². The highest BCUT2D eigenvalue weighted by Crippen LogP contribution is 2.27. The normalized spacial score (nSPS) is 15.4. The molecule has 0 saturated carbocycles. The molecule has 2 heteroatoms. The van der Waals surface area contributed by atoms with E-state index in [2.05, 4.69) is 5.92 Å². The van der Waals surface area contributed by atoms with E-state index < -0.39 is 5.60 Å². The Hall–Kier alpha value is -0.780. The summed E-state index contributed by atoms with van der Waals surface area (Å²) in [6.07, 6.45) is 5.48. The van der Waals surface area contributed by atoms with Crippen LogP contribution in [-0.4, -0.2) is 5.11 Å². The van der Waals surface area contributed by atoms with E-state index in [0.29, 0.717) is 6.42 Å². The van der Waals surface area contributed by atoms with Crippen molar-refractivity contribution in [2.24, 2.45) is 0 Å². The Balaban J connectivity index is 2.83. The standard InChI is InChI=1S/C9H10OS/c1-3-6-9(2,10)8-5-4-7-11-8/h1,4-5,7,10H,6H2,2H3/t9-/m0/s1. The Kier molecular flexibility index (Phi) is 2.33. The molecule has 1 N–H and O–H groups in total. The minimum Gasteiger partial charge on any atom is -0.384 e. The summed E-state index contributed by atoms with van der Waals surface area (Å²) in [5.41, 5.74) is -0.844.